The van der Waals surface area contributed by atoms with Gasteiger partial charge in [0.2, 0.25) is 23.5 Å². The summed E-state index contributed by atoms with van der Waals surface area (Å²) >= 11 is 6.66. The van der Waals surface area contributed by atoms with Gasteiger partial charge in [-0.3, -0.25) is 14.4 Å². The van der Waals surface area contributed by atoms with E-state index in [0.717, 1.165) is 30.4 Å². The molecule has 2 aliphatic heterocycles. The fraction of sp³-hybridized carbons (Fsp3) is 0.607. The van der Waals surface area contributed by atoms with Gasteiger partial charge in [-0.1, -0.05) is 43.4 Å². The minimum Gasteiger partial charge on any atom is -0.485 e. The molecule has 3 aliphatic rings. The largest absolute Gasteiger partial charge is 0.485 e. The lowest BCUT2D eigenvalue weighted by molar-refractivity contribution is -0.154. The molecule has 3 atom stereocenters. The monoisotopic (exact) mass is 558 g/mol. The number of fused-ring (bicyclic) bond motifs is 1. The molecule has 10 nitrogen and oxygen atoms in total. The molecule has 1 aromatic heterocycles. The standard InChI is InChI=1S/C28H35ClN4O6/c1-16(2)26-30-23(31-39-26)15-38-22-10-9-20(29)19-11-13-33(21(25(19)22)14-32-12-5-8-24(32)34)27(35)17-6-3-4-7-18(17)28(36)37/h9-10,16-18,21H,3-8,11-15H2,1-2H3,(H,36,37)/t17?,18?,21-/m1/s1. The second-order valence-electron chi connectivity index (χ2n) is 11.0. The van der Waals surface area contributed by atoms with E-state index >= 15 is 0 Å². The minimum atomic E-state index is -0.926. The van der Waals surface area contributed by atoms with Crippen LogP contribution in [-0.4, -0.2) is 62.5 Å². The van der Waals surface area contributed by atoms with Crippen LogP contribution in [0.5, 0.6) is 5.75 Å². The van der Waals surface area contributed by atoms with E-state index in [1.807, 2.05) is 13.8 Å². The Balaban J connectivity index is 1.49. The van der Waals surface area contributed by atoms with Gasteiger partial charge in [-0.05, 0) is 43.4 Å². The zero-order valence-electron chi connectivity index (χ0n) is 22.4. The maximum Gasteiger partial charge on any atom is 0.307 e. The summed E-state index contributed by atoms with van der Waals surface area (Å²) in [4.78, 5) is 46.7. The van der Waals surface area contributed by atoms with E-state index in [9.17, 15) is 19.5 Å². The van der Waals surface area contributed by atoms with E-state index in [1.165, 1.54) is 0 Å². The SMILES string of the molecule is CC(C)c1nc(COc2ccc(Cl)c3c2[C@@H](CN2CCCC2=O)N(C(=O)C2CCCCC2C(=O)O)CC3)no1. The van der Waals surface area contributed by atoms with Crippen molar-refractivity contribution in [1.29, 1.82) is 0 Å². The van der Waals surface area contributed by atoms with Gasteiger partial charge in [0.25, 0.3) is 0 Å². The van der Waals surface area contributed by atoms with Gasteiger partial charge in [-0.2, -0.15) is 4.98 Å². The molecule has 3 heterocycles. The number of carboxylic acids is 1. The normalized spacial score (nSPS) is 23.3. The third kappa shape index (κ3) is 5.62. The number of aromatic nitrogens is 2. The lowest BCUT2D eigenvalue weighted by Gasteiger charge is -2.43. The molecule has 210 valence electrons. The zero-order chi connectivity index (χ0) is 27.7. The van der Waals surface area contributed by atoms with Gasteiger partial charge in [0.1, 0.15) is 5.75 Å². The van der Waals surface area contributed by atoms with Crippen molar-refractivity contribution < 1.29 is 28.8 Å². The molecular formula is C28H35ClN4O6. The van der Waals surface area contributed by atoms with Crippen LogP contribution in [0, 0.1) is 11.8 Å². The summed E-state index contributed by atoms with van der Waals surface area (Å²) in [6, 6.07) is 3.05. The molecule has 0 bridgehead atoms. The molecule has 11 heteroatoms. The maximum atomic E-state index is 14.0. The molecule has 1 N–H and O–H groups in total. The highest BCUT2D eigenvalue weighted by Crippen LogP contribution is 2.43. The molecule has 0 spiro atoms. The van der Waals surface area contributed by atoms with Crippen molar-refractivity contribution in [3.05, 3.63) is 40.0 Å². The topological polar surface area (TPSA) is 126 Å². The van der Waals surface area contributed by atoms with E-state index in [-0.39, 0.29) is 24.3 Å². The number of carbonyl (C=O) groups is 3. The molecule has 1 saturated carbocycles. The van der Waals surface area contributed by atoms with Crippen LogP contribution >= 0.6 is 11.6 Å². The van der Waals surface area contributed by atoms with E-state index < -0.39 is 23.8 Å². The van der Waals surface area contributed by atoms with E-state index in [2.05, 4.69) is 10.1 Å². The van der Waals surface area contributed by atoms with Crippen LogP contribution in [0.3, 0.4) is 0 Å². The Labute approximate surface area is 232 Å². The third-order valence-electron chi connectivity index (χ3n) is 8.15. The fourth-order valence-electron chi connectivity index (χ4n) is 6.10. The second kappa shape index (κ2) is 11.5. The van der Waals surface area contributed by atoms with Gasteiger partial charge in [-0.25, -0.2) is 0 Å². The zero-order valence-corrected chi connectivity index (χ0v) is 23.2. The molecular weight excluding hydrogens is 524 g/mol. The number of carboxylic acid groups (broad SMARTS) is 1. The summed E-state index contributed by atoms with van der Waals surface area (Å²) in [7, 11) is 0. The van der Waals surface area contributed by atoms with Gasteiger partial charge in [-0.15, -0.1) is 0 Å². The van der Waals surface area contributed by atoms with Crippen molar-refractivity contribution in [3.8, 4) is 5.75 Å². The molecule has 39 heavy (non-hydrogen) atoms. The number of ether oxygens (including phenoxy) is 1. The summed E-state index contributed by atoms with van der Waals surface area (Å²) in [5.74, 6) is -0.785. The summed E-state index contributed by atoms with van der Waals surface area (Å²) in [6.45, 7) is 5.31. The number of hydrogen-bond acceptors (Lipinski definition) is 7. The number of carbonyl (C=O) groups excluding carboxylic acids is 2. The quantitative estimate of drug-likeness (QED) is 0.506. The first-order valence-electron chi connectivity index (χ1n) is 13.8. The Morgan fingerprint density at radius 3 is 2.59 bits per heavy atom. The maximum absolute atomic E-state index is 14.0. The molecule has 2 fully saturated rings. The van der Waals surface area contributed by atoms with Crippen LogP contribution in [0.25, 0.3) is 0 Å². The number of amides is 2. The summed E-state index contributed by atoms with van der Waals surface area (Å²) in [6.07, 6.45) is 4.42. The summed E-state index contributed by atoms with van der Waals surface area (Å²) < 4.78 is 11.5. The van der Waals surface area contributed by atoms with Crippen molar-refractivity contribution in [2.45, 2.75) is 77.4 Å². The van der Waals surface area contributed by atoms with Crippen LogP contribution in [0.15, 0.2) is 16.7 Å². The summed E-state index contributed by atoms with van der Waals surface area (Å²) in [5, 5.41) is 14.4. The second-order valence-corrected chi connectivity index (χ2v) is 11.4. The molecule has 2 amide bonds. The Morgan fingerprint density at radius 1 is 1.15 bits per heavy atom. The van der Waals surface area contributed by atoms with Gasteiger partial charge < -0.3 is 24.2 Å². The number of benzene rings is 1. The van der Waals surface area contributed by atoms with E-state index in [4.69, 9.17) is 20.9 Å². The van der Waals surface area contributed by atoms with Gasteiger partial charge in [0.05, 0.1) is 17.9 Å². The van der Waals surface area contributed by atoms with Crippen molar-refractivity contribution in [3.63, 3.8) is 0 Å². The van der Waals surface area contributed by atoms with Gasteiger partial charge in [0, 0.05) is 42.6 Å². The lowest BCUT2D eigenvalue weighted by Crippen LogP contribution is -2.50. The Morgan fingerprint density at radius 2 is 1.92 bits per heavy atom. The van der Waals surface area contributed by atoms with Crippen molar-refractivity contribution in [2.75, 3.05) is 19.6 Å². The third-order valence-corrected chi connectivity index (χ3v) is 8.51. The lowest BCUT2D eigenvalue weighted by atomic mass is 9.77. The Kier molecular flexibility index (Phi) is 8.11. The number of aliphatic carboxylic acids is 1. The number of halogens is 1. The Hall–Kier alpha value is -3.14. The number of likely N-dealkylation sites (tertiary alicyclic amines) is 1. The minimum absolute atomic E-state index is 0.0492. The fourth-order valence-corrected chi connectivity index (χ4v) is 6.36. The highest BCUT2D eigenvalue weighted by Gasteiger charge is 2.43. The first-order chi connectivity index (χ1) is 18.7. The first kappa shape index (κ1) is 27.4. The number of rotatable bonds is 8. The van der Waals surface area contributed by atoms with E-state index in [1.54, 1.807) is 21.9 Å². The van der Waals surface area contributed by atoms with Gasteiger partial charge in [0.15, 0.2) is 6.61 Å². The van der Waals surface area contributed by atoms with Crippen LogP contribution in [0.4, 0.5) is 0 Å². The van der Waals surface area contributed by atoms with Crippen molar-refractivity contribution in [2.24, 2.45) is 11.8 Å². The molecule has 0 radical (unpaired) electrons. The average Bonchev–Trinajstić information content (AvgIpc) is 3.57. The highest BCUT2D eigenvalue weighted by atomic mass is 35.5. The van der Waals surface area contributed by atoms with Crippen LogP contribution in [-0.2, 0) is 27.4 Å². The first-order valence-corrected chi connectivity index (χ1v) is 14.2. The van der Waals surface area contributed by atoms with Crippen LogP contribution in [0.2, 0.25) is 5.02 Å². The van der Waals surface area contributed by atoms with Gasteiger partial charge >= 0.3 is 5.97 Å². The van der Waals surface area contributed by atoms with Crippen LogP contribution in [0.1, 0.15) is 87.2 Å². The highest BCUT2D eigenvalue weighted by molar-refractivity contribution is 6.31. The predicted molar refractivity (Wildman–Crippen MR) is 141 cm³/mol. The molecule has 1 aromatic carbocycles. The molecule has 1 aliphatic carbocycles. The molecule has 5 rings (SSSR count). The van der Waals surface area contributed by atoms with Crippen molar-refractivity contribution >= 4 is 29.4 Å². The molecule has 2 unspecified atom stereocenters. The number of hydrogen-bond donors (Lipinski definition) is 1. The molecule has 2 aromatic rings. The van der Waals surface area contributed by atoms with Crippen LogP contribution < -0.4 is 4.74 Å². The average molecular weight is 559 g/mol. The predicted octanol–water partition coefficient (Wildman–Crippen LogP) is 4.36. The Bertz CT molecular complexity index is 1250. The number of nitrogens with zero attached hydrogens (tertiary/aromatic N) is 4. The smallest absolute Gasteiger partial charge is 0.307 e. The van der Waals surface area contributed by atoms with E-state index in [0.29, 0.717) is 67.8 Å². The summed E-state index contributed by atoms with van der Waals surface area (Å²) in [5.41, 5.74) is 1.64. The van der Waals surface area contributed by atoms with Crippen molar-refractivity contribution in [1.82, 2.24) is 19.9 Å². The molecule has 1 saturated heterocycles.